The van der Waals surface area contributed by atoms with E-state index in [1.807, 2.05) is 17.7 Å². The number of aromatic nitrogens is 3. The molecule has 1 aliphatic heterocycles. The maximum atomic E-state index is 12.7. The molecule has 2 atom stereocenters. The van der Waals surface area contributed by atoms with E-state index in [0.29, 0.717) is 19.7 Å². The molecule has 0 unspecified atom stereocenters. The first-order chi connectivity index (χ1) is 11.7. The Bertz CT molecular complexity index is 725. The van der Waals surface area contributed by atoms with Gasteiger partial charge in [0.1, 0.15) is 18.2 Å². The molecule has 0 radical (unpaired) electrons. The number of rotatable bonds is 2. The van der Waals surface area contributed by atoms with Gasteiger partial charge in [-0.15, -0.1) is 10.2 Å². The molecule has 8 nitrogen and oxygen atoms in total. The van der Waals surface area contributed by atoms with Gasteiger partial charge in [0.05, 0.1) is 25.5 Å². The number of carbonyl (C=O) groups is 1. The van der Waals surface area contributed by atoms with Gasteiger partial charge in [-0.3, -0.25) is 0 Å². The molecule has 1 N–H and O–H groups in total. The van der Waals surface area contributed by atoms with Crippen LogP contribution in [0, 0.1) is 0 Å². The van der Waals surface area contributed by atoms with Crippen LogP contribution in [0.15, 0.2) is 23.1 Å². The minimum atomic E-state index is -0.243. The number of amides is 2. The lowest BCUT2D eigenvalue weighted by molar-refractivity contribution is -0.0218. The van der Waals surface area contributed by atoms with Crippen molar-refractivity contribution in [2.45, 2.75) is 31.4 Å². The number of carbonyl (C=O) groups excluding carboxylic acids is 1. The Morgan fingerprint density at radius 2 is 2.38 bits per heavy atom. The standard InChI is InChI=1S/C16H21N5O3/c1-20-10-17-19-15(20)14-9-21(6-8-24-14)16(22)18-12-3-2-4-13-11(12)5-7-23-13/h5,7,10,12,14H,2-4,6,8-9H2,1H3,(H,18,22)/t12-,14+/m0/s1. The summed E-state index contributed by atoms with van der Waals surface area (Å²) < 4.78 is 13.1. The van der Waals surface area contributed by atoms with Gasteiger partial charge in [0.2, 0.25) is 0 Å². The summed E-state index contributed by atoms with van der Waals surface area (Å²) in [7, 11) is 1.88. The smallest absolute Gasteiger partial charge is 0.318 e. The van der Waals surface area contributed by atoms with Gasteiger partial charge < -0.3 is 23.9 Å². The summed E-state index contributed by atoms with van der Waals surface area (Å²) in [6.07, 6.45) is 6.01. The molecule has 1 saturated heterocycles. The molecule has 2 aliphatic rings. The lowest BCUT2D eigenvalue weighted by Crippen LogP contribution is -2.48. The number of urea groups is 1. The van der Waals surface area contributed by atoms with E-state index in [4.69, 9.17) is 9.15 Å². The quantitative estimate of drug-likeness (QED) is 0.903. The number of aryl methyl sites for hydroxylation is 2. The Labute approximate surface area is 139 Å². The molecule has 2 amide bonds. The topological polar surface area (TPSA) is 85.4 Å². The van der Waals surface area contributed by atoms with Crippen molar-refractivity contribution < 1.29 is 13.9 Å². The molecule has 2 aromatic rings. The molecule has 1 aliphatic carbocycles. The molecular weight excluding hydrogens is 310 g/mol. The summed E-state index contributed by atoms with van der Waals surface area (Å²) >= 11 is 0. The van der Waals surface area contributed by atoms with E-state index < -0.39 is 0 Å². The van der Waals surface area contributed by atoms with E-state index in [-0.39, 0.29) is 18.2 Å². The highest BCUT2D eigenvalue weighted by Gasteiger charge is 2.31. The monoisotopic (exact) mass is 331 g/mol. The zero-order chi connectivity index (χ0) is 16.5. The van der Waals surface area contributed by atoms with E-state index in [1.165, 1.54) is 0 Å². The maximum absolute atomic E-state index is 12.7. The first kappa shape index (κ1) is 15.2. The van der Waals surface area contributed by atoms with Gasteiger partial charge in [-0.05, 0) is 18.9 Å². The van der Waals surface area contributed by atoms with Gasteiger partial charge in [0.15, 0.2) is 5.82 Å². The van der Waals surface area contributed by atoms with Gasteiger partial charge in [-0.1, -0.05) is 0 Å². The predicted octanol–water partition coefficient (Wildman–Crippen LogP) is 1.57. The van der Waals surface area contributed by atoms with Crippen molar-refractivity contribution in [3.63, 3.8) is 0 Å². The van der Waals surface area contributed by atoms with E-state index in [1.54, 1.807) is 17.5 Å². The molecule has 4 rings (SSSR count). The summed E-state index contributed by atoms with van der Waals surface area (Å²) in [5.41, 5.74) is 1.10. The number of furan rings is 1. The van der Waals surface area contributed by atoms with Crippen LogP contribution in [-0.4, -0.2) is 45.4 Å². The van der Waals surface area contributed by atoms with E-state index in [0.717, 1.165) is 36.4 Å². The Hall–Kier alpha value is -2.35. The Morgan fingerprint density at radius 3 is 3.21 bits per heavy atom. The molecule has 24 heavy (non-hydrogen) atoms. The molecule has 0 bridgehead atoms. The first-order valence-electron chi connectivity index (χ1n) is 8.29. The number of nitrogens with zero attached hydrogens (tertiary/aromatic N) is 4. The summed E-state index contributed by atoms with van der Waals surface area (Å²) in [5, 5.41) is 11.1. The number of hydrogen-bond donors (Lipinski definition) is 1. The number of morpholine rings is 1. The lowest BCUT2D eigenvalue weighted by atomic mass is 9.93. The largest absolute Gasteiger partial charge is 0.469 e. The third-order valence-electron chi connectivity index (χ3n) is 4.74. The molecule has 128 valence electrons. The Balaban J connectivity index is 1.43. The van der Waals surface area contributed by atoms with Crippen LogP contribution in [0.3, 0.4) is 0 Å². The average molecular weight is 331 g/mol. The van der Waals surface area contributed by atoms with Crippen molar-refractivity contribution in [2.75, 3.05) is 19.7 Å². The second-order valence-corrected chi connectivity index (χ2v) is 6.30. The number of fused-ring (bicyclic) bond motifs is 1. The fraction of sp³-hybridized carbons (Fsp3) is 0.562. The highest BCUT2D eigenvalue weighted by molar-refractivity contribution is 5.75. The van der Waals surface area contributed by atoms with Gasteiger partial charge in [-0.2, -0.15) is 0 Å². The van der Waals surface area contributed by atoms with Crippen molar-refractivity contribution in [1.29, 1.82) is 0 Å². The van der Waals surface area contributed by atoms with Crippen LogP contribution in [0.5, 0.6) is 0 Å². The fourth-order valence-electron chi connectivity index (χ4n) is 3.45. The van der Waals surface area contributed by atoms with E-state index >= 15 is 0 Å². The number of nitrogens with one attached hydrogen (secondary N) is 1. The van der Waals surface area contributed by atoms with Crippen molar-refractivity contribution in [2.24, 2.45) is 7.05 Å². The first-order valence-corrected chi connectivity index (χ1v) is 8.29. The molecule has 8 heteroatoms. The van der Waals surface area contributed by atoms with Gasteiger partial charge in [0.25, 0.3) is 0 Å². The minimum absolute atomic E-state index is 0.0242. The molecule has 0 aromatic carbocycles. The molecule has 0 saturated carbocycles. The average Bonchev–Trinajstić information content (AvgIpc) is 3.24. The summed E-state index contributed by atoms with van der Waals surface area (Å²) in [4.78, 5) is 14.5. The van der Waals surface area contributed by atoms with Crippen LogP contribution in [0.1, 0.15) is 42.1 Å². The Morgan fingerprint density at radius 1 is 1.46 bits per heavy atom. The molecule has 3 heterocycles. The van der Waals surface area contributed by atoms with Crippen molar-refractivity contribution >= 4 is 6.03 Å². The van der Waals surface area contributed by atoms with Crippen LogP contribution >= 0.6 is 0 Å². The van der Waals surface area contributed by atoms with Crippen LogP contribution in [0.25, 0.3) is 0 Å². The van der Waals surface area contributed by atoms with Crippen LogP contribution in [0.2, 0.25) is 0 Å². The van der Waals surface area contributed by atoms with E-state index in [2.05, 4.69) is 15.5 Å². The third-order valence-corrected chi connectivity index (χ3v) is 4.74. The second kappa shape index (κ2) is 6.27. The highest BCUT2D eigenvalue weighted by Crippen LogP contribution is 2.30. The fourth-order valence-corrected chi connectivity index (χ4v) is 3.45. The van der Waals surface area contributed by atoms with Gasteiger partial charge in [-0.25, -0.2) is 4.79 Å². The lowest BCUT2D eigenvalue weighted by Gasteiger charge is -2.34. The van der Waals surface area contributed by atoms with Crippen molar-refractivity contribution in [3.8, 4) is 0 Å². The van der Waals surface area contributed by atoms with Gasteiger partial charge in [0, 0.05) is 25.6 Å². The highest BCUT2D eigenvalue weighted by atomic mass is 16.5. The number of hydrogen-bond acceptors (Lipinski definition) is 5. The third kappa shape index (κ3) is 2.77. The molecule has 1 fully saturated rings. The molecule has 2 aromatic heterocycles. The van der Waals surface area contributed by atoms with Crippen LogP contribution in [0.4, 0.5) is 4.79 Å². The zero-order valence-corrected chi connectivity index (χ0v) is 13.6. The zero-order valence-electron chi connectivity index (χ0n) is 13.6. The second-order valence-electron chi connectivity index (χ2n) is 6.30. The summed E-state index contributed by atoms with van der Waals surface area (Å²) in [6.45, 7) is 1.54. The van der Waals surface area contributed by atoms with Crippen LogP contribution < -0.4 is 5.32 Å². The predicted molar refractivity (Wildman–Crippen MR) is 84.2 cm³/mol. The normalized spacial score (nSPS) is 23.8. The minimum Gasteiger partial charge on any atom is -0.469 e. The Kier molecular flexibility index (Phi) is 3.97. The molecule has 0 spiro atoms. The van der Waals surface area contributed by atoms with Crippen LogP contribution in [-0.2, 0) is 18.2 Å². The number of ether oxygens (including phenoxy) is 1. The van der Waals surface area contributed by atoms with Crippen molar-refractivity contribution in [1.82, 2.24) is 25.0 Å². The summed E-state index contributed by atoms with van der Waals surface area (Å²) in [5.74, 6) is 1.73. The maximum Gasteiger partial charge on any atom is 0.318 e. The molecular formula is C16H21N5O3. The van der Waals surface area contributed by atoms with Gasteiger partial charge >= 0.3 is 6.03 Å². The summed E-state index contributed by atoms with van der Waals surface area (Å²) in [6, 6.07) is 1.92. The van der Waals surface area contributed by atoms with Crippen molar-refractivity contribution in [3.05, 3.63) is 35.8 Å². The SMILES string of the molecule is Cn1cnnc1[C@H]1CN(C(=O)N[C@H]2CCCc3occc32)CCO1. The van der Waals surface area contributed by atoms with E-state index in [9.17, 15) is 4.79 Å².